The average Bonchev–Trinajstić information content (AvgIpc) is 2.86. The van der Waals surface area contributed by atoms with Gasteiger partial charge in [-0.2, -0.15) is 5.10 Å². The summed E-state index contributed by atoms with van der Waals surface area (Å²) in [5, 5.41) is 14.0. The van der Waals surface area contributed by atoms with Crippen LogP contribution in [0.15, 0.2) is 30.5 Å². The fourth-order valence-electron chi connectivity index (χ4n) is 1.70. The van der Waals surface area contributed by atoms with E-state index >= 15 is 0 Å². The second-order valence-electron chi connectivity index (χ2n) is 3.94. The van der Waals surface area contributed by atoms with Gasteiger partial charge in [0, 0.05) is 5.56 Å². The fourth-order valence-corrected chi connectivity index (χ4v) is 2.58. The summed E-state index contributed by atoms with van der Waals surface area (Å²) < 4.78 is 1.51. The van der Waals surface area contributed by atoms with Crippen LogP contribution in [0.4, 0.5) is 0 Å². The Balaban J connectivity index is 2.09. The van der Waals surface area contributed by atoms with Crippen molar-refractivity contribution in [2.45, 2.75) is 6.92 Å². The molecule has 0 bridgehead atoms. The van der Waals surface area contributed by atoms with E-state index in [0.29, 0.717) is 4.96 Å². The molecule has 2 aromatic heterocycles. The molecule has 2 heterocycles. The molecule has 0 amide bonds. The molecule has 18 heavy (non-hydrogen) atoms. The number of rotatable bonds is 2. The summed E-state index contributed by atoms with van der Waals surface area (Å²) in [6.45, 7) is 2.02. The van der Waals surface area contributed by atoms with Gasteiger partial charge in [0.05, 0.1) is 6.20 Å². The van der Waals surface area contributed by atoms with Crippen LogP contribution in [0.1, 0.15) is 16.1 Å². The Morgan fingerprint density at radius 3 is 2.94 bits per heavy atom. The lowest BCUT2D eigenvalue weighted by molar-refractivity contribution is 0.0691. The first-order chi connectivity index (χ1) is 8.63. The minimum absolute atomic E-state index is 0.0181. The minimum atomic E-state index is -1.04. The summed E-state index contributed by atoms with van der Waals surface area (Å²) in [4.78, 5) is 15.4. The van der Waals surface area contributed by atoms with Crippen molar-refractivity contribution < 1.29 is 9.90 Å². The van der Waals surface area contributed by atoms with Crippen molar-refractivity contribution >= 4 is 22.3 Å². The van der Waals surface area contributed by atoms with Crippen molar-refractivity contribution in [1.29, 1.82) is 0 Å². The quantitative estimate of drug-likeness (QED) is 0.767. The number of hydrogen-bond donors (Lipinski definition) is 1. The van der Waals surface area contributed by atoms with E-state index in [9.17, 15) is 4.79 Å². The van der Waals surface area contributed by atoms with Gasteiger partial charge in [-0.3, -0.25) is 0 Å². The predicted octanol–water partition coefficient (Wildman–Crippen LogP) is 2.46. The fraction of sp³-hybridized carbons (Fsp3) is 0.0833. The highest BCUT2D eigenvalue weighted by molar-refractivity contribution is 7.19. The van der Waals surface area contributed by atoms with Gasteiger partial charge in [-0.05, 0) is 13.0 Å². The Morgan fingerprint density at radius 1 is 1.44 bits per heavy atom. The van der Waals surface area contributed by atoms with Crippen LogP contribution in [0.5, 0.6) is 0 Å². The summed E-state index contributed by atoms with van der Waals surface area (Å²) in [7, 11) is 0. The zero-order chi connectivity index (χ0) is 12.7. The van der Waals surface area contributed by atoms with Crippen LogP contribution in [0, 0.1) is 6.92 Å². The predicted molar refractivity (Wildman–Crippen MR) is 68.0 cm³/mol. The second kappa shape index (κ2) is 3.92. The van der Waals surface area contributed by atoms with E-state index < -0.39 is 5.97 Å². The molecule has 5 nitrogen and oxygen atoms in total. The van der Waals surface area contributed by atoms with Crippen molar-refractivity contribution in [3.8, 4) is 10.6 Å². The summed E-state index contributed by atoms with van der Waals surface area (Å²) in [6.07, 6.45) is 1.42. The van der Waals surface area contributed by atoms with Gasteiger partial charge < -0.3 is 5.11 Å². The Labute approximate surface area is 106 Å². The van der Waals surface area contributed by atoms with E-state index in [-0.39, 0.29) is 5.69 Å². The van der Waals surface area contributed by atoms with Gasteiger partial charge in [0.2, 0.25) is 4.96 Å². The number of hydrogen-bond acceptors (Lipinski definition) is 4. The van der Waals surface area contributed by atoms with Gasteiger partial charge in [-0.25, -0.2) is 14.3 Å². The van der Waals surface area contributed by atoms with E-state index in [2.05, 4.69) is 10.1 Å². The molecule has 0 radical (unpaired) electrons. The molecule has 3 aromatic rings. The molecule has 0 aliphatic heterocycles. The zero-order valence-electron chi connectivity index (χ0n) is 9.49. The molecule has 0 fully saturated rings. The van der Waals surface area contributed by atoms with E-state index in [4.69, 9.17) is 5.11 Å². The molecular formula is C12H9N3O2S. The number of aromatic carboxylic acids is 1. The number of benzene rings is 1. The Kier molecular flexibility index (Phi) is 2.38. The van der Waals surface area contributed by atoms with Crippen molar-refractivity contribution in [1.82, 2.24) is 14.6 Å². The largest absolute Gasteiger partial charge is 0.476 e. The molecule has 90 valence electrons. The maximum atomic E-state index is 10.8. The number of aryl methyl sites for hydroxylation is 1. The third-order valence-electron chi connectivity index (χ3n) is 2.53. The first-order valence-corrected chi connectivity index (χ1v) is 6.12. The van der Waals surface area contributed by atoms with Crippen LogP contribution in [-0.4, -0.2) is 25.7 Å². The lowest BCUT2D eigenvalue weighted by Gasteiger charge is -1.96. The van der Waals surface area contributed by atoms with E-state index in [1.54, 1.807) is 0 Å². The molecule has 3 rings (SSSR count). The third kappa shape index (κ3) is 1.76. The third-order valence-corrected chi connectivity index (χ3v) is 3.50. The highest BCUT2D eigenvalue weighted by atomic mass is 32.1. The maximum absolute atomic E-state index is 10.8. The first kappa shape index (κ1) is 10.9. The molecule has 0 saturated heterocycles. The standard InChI is InChI=1S/C12H9N3O2S/c1-7-3-2-4-8(5-7)10-14-15-6-9(11(16)17)13-12(15)18-10/h2-6H,1H3,(H,16,17). The van der Waals surface area contributed by atoms with Gasteiger partial charge in [-0.15, -0.1) is 0 Å². The van der Waals surface area contributed by atoms with Crippen molar-refractivity contribution in [2.24, 2.45) is 0 Å². The number of nitrogens with zero attached hydrogens (tertiary/aromatic N) is 3. The number of aromatic nitrogens is 3. The lowest BCUT2D eigenvalue weighted by Crippen LogP contribution is -1.95. The highest BCUT2D eigenvalue weighted by Crippen LogP contribution is 2.26. The van der Waals surface area contributed by atoms with Gasteiger partial charge in [0.15, 0.2) is 5.69 Å². The van der Waals surface area contributed by atoms with Gasteiger partial charge >= 0.3 is 5.97 Å². The van der Waals surface area contributed by atoms with E-state index in [1.165, 1.54) is 22.0 Å². The molecule has 0 saturated carbocycles. The summed E-state index contributed by atoms with van der Waals surface area (Å²) in [5.74, 6) is -1.04. The molecule has 6 heteroatoms. The monoisotopic (exact) mass is 259 g/mol. The normalized spacial score (nSPS) is 10.9. The molecule has 1 aromatic carbocycles. The van der Waals surface area contributed by atoms with Gasteiger partial charge in [0.25, 0.3) is 0 Å². The van der Waals surface area contributed by atoms with E-state index in [1.807, 2.05) is 31.2 Å². The second-order valence-corrected chi connectivity index (χ2v) is 4.89. The van der Waals surface area contributed by atoms with Crippen LogP contribution in [0.3, 0.4) is 0 Å². The molecule has 0 spiro atoms. The Bertz CT molecular complexity index is 713. The lowest BCUT2D eigenvalue weighted by atomic mass is 10.1. The molecule has 0 atom stereocenters. The molecule has 0 aliphatic carbocycles. The van der Waals surface area contributed by atoms with Crippen LogP contribution in [0.25, 0.3) is 15.5 Å². The minimum Gasteiger partial charge on any atom is -0.476 e. The van der Waals surface area contributed by atoms with Crippen molar-refractivity contribution in [3.05, 3.63) is 41.7 Å². The number of fused-ring (bicyclic) bond motifs is 1. The summed E-state index contributed by atoms with van der Waals surface area (Å²) in [5.41, 5.74) is 2.19. The summed E-state index contributed by atoms with van der Waals surface area (Å²) >= 11 is 1.37. The average molecular weight is 259 g/mol. The van der Waals surface area contributed by atoms with Crippen LogP contribution in [-0.2, 0) is 0 Å². The first-order valence-electron chi connectivity index (χ1n) is 5.30. The molecule has 0 aliphatic rings. The SMILES string of the molecule is Cc1cccc(-c2nn3cc(C(=O)O)nc3s2)c1. The maximum Gasteiger partial charge on any atom is 0.356 e. The zero-order valence-corrected chi connectivity index (χ0v) is 10.3. The number of carboxylic acids is 1. The van der Waals surface area contributed by atoms with Crippen molar-refractivity contribution in [2.75, 3.05) is 0 Å². The smallest absolute Gasteiger partial charge is 0.356 e. The highest BCUT2D eigenvalue weighted by Gasteiger charge is 2.13. The Hall–Kier alpha value is -2.21. The van der Waals surface area contributed by atoms with E-state index in [0.717, 1.165) is 16.1 Å². The topological polar surface area (TPSA) is 67.5 Å². The number of carboxylic acid groups (broad SMARTS) is 1. The van der Waals surface area contributed by atoms with Gasteiger partial charge in [-0.1, -0.05) is 35.1 Å². The van der Waals surface area contributed by atoms with Crippen LogP contribution >= 0.6 is 11.3 Å². The van der Waals surface area contributed by atoms with Crippen LogP contribution in [0.2, 0.25) is 0 Å². The molecular weight excluding hydrogens is 250 g/mol. The summed E-state index contributed by atoms with van der Waals surface area (Å²) in [6, 6.07) is 8.00. The molecule has 0 unspecified atom stereocenters. The number of imidazole rings is 1. The Morgan fingerprint density at radius 2 is 2.28 bits per heavy atom. The molecule has 1 N–H and O–H groups in total. The van der Waals surface area contributed by atoms with Gasteiger partial charge in [0.1, 0.15) is 5.01 Å². The van der Waals surface area contributed by atoms with Crippen LogP contribution < -0.4 is 0 Å². The van der Waals surface area contributed by atoms with Crippen molar-refractivity contribution in [3.63, 3.8) is 0 Å². The number of carbonyl (C=O) groups is 1.